The summed E-state index contributed by atoms with van der Waals surface area (Å²) in [4.78, 5) is 0. The van der Waals surface area contributed by atoms with E-state index in [4.69, 9.17) is 18.9 Å². The monoisotopic (exact) mass is 578 g/mol. The van der Waals surface area contributed by atoms with E-state index in [9.17, 15) is 0 Å². The highest BCUT2D eigenvalue weighted by Crippen LogP contribution is 2.49. The lowest BCUT2D eigenvalue weighted by Crippen LogP contribution is -2.07. The quantitative estimate of drug-likeness (QED) is 0.0987. The maximum Gasteiger partial charge on any atom is 0.142 e. The summed E-state index contributed by atoms with van der Waals surface area (Å²) in [5, 5.41) is 4.08. The molecule has 0 spiro atoms. The molecular weight excluding hydrogens is 520 g/mol. The molecule has 3 aromatic rings. The molecule has 0 radical (unpaired) electrons. The first kappa shape index (κ1) is 33.9. The highest BCUT2D eigenvalue weighted by molar-refractivity contribution is 6.15. The number of hydrogen-bond acceptors (Lipinski definition) is 4. The Morgan fingerprint density at radius 3 is 1.12 bits per heavy atom. The fourth-order valence-corrected chi connectivity index (χ4v) is 5.40. The number of hydrogen-bond donors (Lipinski definition) is 0. The van der Waals surface area contributed by atoms with Crippen molar-refractivity contribution in [3.05, 3.63) is 36.4 Å². The first-order valence-electron chi connectivity index (χ1n) is 16.7. The van der Waals surface area contributed by atoms with Crippen LogP contribution in [0.5, 0.6) is 23.0 Å². The Kier molecular flexibility index (Phi) is 14.1. The minimum atomic E-state index is 0.642. The van der Waals surface area contributed by atoms with E-state index in [1.807, 2.05) is 0 Å². The van der Waals surface area contributed by atoms with E-state index >= 15 is 0 Å². The van der Waals surface area contributed by atoms with Crippen molar-refractivity contribution in [2.75, 3.05) is 26.4 Å². The van der Waals surface area contributed by atoms with Gasteiger partial charge in [-0.3, -0.25) is 0 Å². The van der Waals surface area contributed by atoms with E-state index in [1.54, 1.807) is 0 Å². The lowest BCUT2D eigenvalue weighted by Gasteiger charge is -2.22. The zero-order valence-electron chi connectivity index (χ0n) is 27.9. The van der Waals surface area contributed by atoms with Crippen molar-refractivity contribution < 1.29 is 18.9 Å². The van der Waals surface area contributed by atoms with Gasteiger partial charge in [0.05, 0.1) is 37.2 Å². The van der Waals surface area contributed by atoms with Crippen molar-refractivity contribution in [3.8, 4) is 23.0 Å². The van der Waals surface area contributed by atoms with Crippen LogP contribution in [0.4, 0.5) is 0 Å². The van der Waals surface area contributed by atoms with Crippen LogP contribution in [-0.2, 0) is 0 Å². The number of ether oxygens (including phenoxy) is 4. The van der Waals surface area contributed by atoms with Gasteiger partial charge in [0.2, 0.25) is 0 Å². The Hall–Kier alpha value is -2.62. The molecule has 234 valence electrons. The summed E-state index contributed by atoms with van der Waals surface area (Å²) in [6, 6.07) is 12.6. The maximum atomic E-state index is 6.75. The minimum absolute atomic E-state index is 0.642. The Balaban J connectivity index is 2.15. The summed E-state index contributed by atoms with van der Waals surface area (Å²) in [5.74, 6) is 6.09. The van der Waals surface area contributed by atoms with Gasteiger partial charge in [0.25, 0.3) is 0 Å². The van der Waals surface area contributed by atoms with E-state index in [2.05, 4.69) is 91.8 Å². The standard InChI is InChI=1S/C38H58O4/c1-27(2)15-11-23-39-33-21-9-19-31-35(33)38(42-26-14-18-30(7)8)36-32(37(31)41-25-13-17-29(5)6)20-10-22-34(36)40-24-12-16-28(3)4/h9-10,19-22,27-30H,11-18,23-26H2,1-8H3. The molecule has 0 heterocycles. The van der Waals surface area contributed by atoms with E-state index in [-0.39, 0.29) is 0 Å². The van der Waals surface area contributed by atoms with Gasteiger partial charge < -0.3 is 18.9 Å². The molecule has 0 atom stereocenters. The molecule has 4 heteroatoms. The second-order valence-electron chi connectivity index (χ2n) is 13.6. The molecule has 0 unspecified atom stereocenters. The van der Waals surface area contributed by atoms with Crippen LogP contribution < -0.4 is 18.9 Å². The van der Waals surface area contributed by atoms with Crippen molar-refractivity contribution >= 4 is 21.5 Å². The second kappa shape index (κ2) is 17.5. The van der Waals surface area contributed by atoms with Gasteiger partial charge in [-0.25, -0.2) is 0 Å². The molecular formula is C38H58O4. The molecule has 0 aliphatic heterocycles. The van der Waals surface area contributed by atoms with Gasteiger partial charge in [0.15, 0.2) is 0 Å². The predicted molar refractivity (Wildman–Crippen MR) is 180 cm³/mol. The van der Waals surface area contributed by atoms with Crippen molar-refractivity contribution in [2.24, 2.45) is 23.7 Å². The molecule has 3 aromatic carbocycles. The van der Waals surface area contributed by atoms with Crippen LogP contribution in [0.3, 0.4) is 0 Å². The van der Waals surface area contributed by atoms with Gasteiger partial charge in [-0.15, -0.1) is 0 Å². The van der Waals surface area contributed by atoms with Crippen LogP contribution in [0, 0.1) is 23.7 Å². The lowest BCUT2D eigenvalue weighted by molar-refractivity contribution is 0.286. The van der Waals surface area contributed by atoms with Crippen LogP contribution in [0.25, 0.3) is 21.5 Å². The van der Waals surface area contributed by atoms with Gasteiger partial charge >= 0.3 is 0 Å². The molecule has 0 saturated heterocycles. The molecule has 3 rings (SSSR count). The minimum Gasteiger partial charge on any atom is -0.493 e. The summed E-state index contributed by atoms with van der Waals surface area (Å²) in [6.45, 7) is 20.8. The van der Waals surface area contributed by atoms with Gasteiger partial charge in [-0.2, -0.15) is 0 Å². The van der Waals surface area contributed by atoms with E-state index in [0.29, 0.717) is 50.1 Å². The zero-order valence-corrected chi connectivity index (χ0v) is 27.9. The first-order chi connectivity index (χ1) is 20.2. The summed E-state index contributed by atoms with van der Waals surface area (Å²) >= 11 is 0. The molecule has 0 saturated carbocycles. The number of fused-ring (bicyclic) bond motifs is 2. The topological polar surface area (TPSA) is 36.9 Å². The summed E-state index contributed by atoms with van der Waals surface area (Å²) in [6.07, 6.45) is 8.62. The third-order valence-corrected chi connectivity index (χ3v) is 7.71. The van der Waals surface area contributed by atoms with Gasteiger partial charge in [0.1, 0.15) is 23.0 Å². The van der Waals surface area contributed by atoms with Crippen LogP contribution in [0.2, 0.25) is 0 Å². The molecule has 0 fully saturated rings. The SMILES string of the molecule is CC(C)CCCOc1c2cccc(OCCCC(C)C)c2c(OCCCC(C)C)c2c(OCCCC(C)C)cccc12. The lowest BCUT2D eigenvalue weighted by atomic mass is 9.98. The summed E-state index contributed by atoms with van der Waals surface area (Å²) in [7, 11) is 0. The Morgan fingerprint density at radius 2 is 0.762 bits per heavy atom. The first-order valence-corrected chi connectivity index (χ1v) is 16.7. The van der Waals surface area contributed by atoms with E-state index in [1.165, 1.54) is 0 Å². The smallest absolute Gasteiger partial charge is 0.142 e. The van der Waals surface area contributed by atoms with Crippen LogP contribution in [0.1, 0.15) is 107 Å². The number of benzene rings is 3. The van der Waals surface area contributed by atoms with E-state index < -0.39 is 0 Å². The zero-order chi connectivity index (χ0) is 30.5. The molecule has 0 amide bonds. The second-order valence-corrected chi connectivity index (χ2v) is 13.6. The molecule has 4 nitrogen and oxygen atoms in total. The fraction of sp³-hybridized carbons (Fsp3) is 0.632. The van der Waals surface area contributed by atoms with Crippen LogP contribution in [-0.4, -0.2) is 26.4 Å². The highest BCUT2D eigenvalue weighted by atomic mass is 16.5. The molecule has 0 bridgehead atoms. The Bertz CT molecular complexity index is 1130. The summed E-state index contributed by atoms with van der Waals surface area (Å²) < 4.78 is 26.4. The molecule has 0 N–H and O–H groups in total. The van der Waals surface area contributed by atoms with Crippen LogP contribution >= 0.6 is 0 Å². The third kappa shape index (κ3) is 10.3. The maximum absolute atomic E-state index is 6.75. The average molecular weight is 579 g/mol. The van der Waals surface area contributed by atoms with Crippen molar-refractivity contribution in [1.82, 2.24) is 0 Å². The predicted octanol–water partition coefficient (Wildman–Crippen LogP) is 11.3. The van der Waals surface area contributed by atoms with Crippen molar-refractivity contribution in [3.63, 3.8) is 0 Å². The van der Waals surface area contributed by atoms with Gasteiger partial charge in [-0.05, 0) is 87.2 Å². The van der Waals surface area contributed by atoms with Crippen molar-refractivity contribution in [2.45, 2.75) is 107 Å². The number of rotatable bonds is 20. The van der Waals surface area contributed by atoms with Crippen LogP contribution in [0.15, 0.2) is 36.4 Å². The Morgan fingerprint density at radius 1 is 0.429 bits per heavy atom. The van der Waals surface area contributed by atoms with Crippen molar-refractivity contribution in [1.29, 1.82) is 0 Å². The normalized spacial score (nSPS) is 11.9. The molecule has 0 aliphatic rings. The highest BCUT2D eigenvalue weighted by Gasteiger charge is 2.23. The average Bonchev–Trinajstić information content (AvgIpc) is 2.93. The third-order valence-electron chi connectivity index (χ3n) is 7.71. The van der Waals surface area contributed by atoms with Gasteiger partial charge in [0, 0.05) is 10.8 Å². The molecule has 0 aliphatic carbocycles. The van der Waals surface area contributed by atoms with E-state index in [0.717, 1.165) is 95.9 Å². The fourth-order valence-electron chi connectivity index (χ4n) is 5.40. The molecule has 0 aromatic heterocycles. The summed E-state index contributed by atoms with van der Waals surface area (Å²) in [5.41, 5.74) is 0. The Labute approximate surface area is 256 Å². The van der Waals surface area contributed by atoms with Gasteiger partial charge in [-0.1, -0.05) is 79.7 Å². The largest absolute Gasteiger partial charge is 0.493 e. The molecule has 42 heavy (non-hydrogen) atoms.